The van der Waals surface area contributed by atoms with Gasteiger partial charge >= 0.3 is 0 Å². The molecule has 3 aromatic rings. The Morgan fingerprint density at radius 1 is 0.600 bits per heavy atom. The minimum Gasteiger partial charge on any atom is -0.0654 e. The van der Waals surface area contributed by atoms with Crippen molar-refractivity contribution in [3.05, 3.63) is 72.3 Å². The third-order valence-electron chi connectivity index (χ3n) is 5.13. The van der Waals surface area contributed by atoms with Gasteiger partial charge in [0.25, 0.3) is 0 Å². The highest BCUT2D eigenvalue weighted by Gasteiger charge is 2.05. The smallest absolute Gasteiger partial charge is 0.0152 e. The maximum atomic E-state index is 2.33. The molecule has 0 saturated heterocycles. The maximum absolute atomic E-state index is 2.33. The molecule has 0 spiro atoms. The fraction of sp³-hybridized carbons (Fsp3) is 0.360. The van der Waals surface area contributed by atoms with E-state index in [-0.39, 0.29) is 0 Å². The lowest BCUT2D eigenvalue weighted by Gasteiger charge is -2.11. The van der Waals surface area contributed by atoms with Crippen LogP contribution in [-0.2, 0) is 6.42 Å². The first-order valence-electron chi connectivity index (χ1n) is 9.95. The molecular weight excluding hydrogens is 300 g/mol. The first kappa shape index (κ1) is 17.7. The zero-order valence-electron chi connectivity index (χ0n) is 15.5. The molecule has 0 N–H and O–H groups in total. The monoisotopic (exact) mass is 330 g/mol. The number of unbranched alkanes of at least 4 members (excludes halogenated alkanes) is 6. The average molecular weight is 331 g/mol. The standard InChI is InChI=1S/C25H30/c1-2-3-4-5-6-7-8-14-22-15-11-12-17-25(22)24-19-18-21-13-9-10-16-23(21)20-24/h9-13,15-20H,2-8,14H2,1H3. The SMILES string of the molecule is CCCCCCCCCc1ccccc1-c1ccc2ccccc2c1. The maximum Gasteiger partial charge on any atom is -0.0152 e. The van der Waals surface area contributed by atoms with Crippen LogP contribution in [0.2, 0.25) is 0 Å². The van der Waals surface area contributed by atoms with Crippen molar-refractivity contribution in [1.29, 1.82) is 0 Å². The van der Waals surface area contributed by atoms with Crippen molar-refractivity contribution >= 4 is 10.8 Å². The number of hydrogen-bond acceptors (Lipinski definition) is 0. The van der Waals surface area contributed by atoms with E-state index in [4.69, 9.17) is 0 Å². The van der Waals surface area contributed by atoms with Crippen LogP contribution < -0.4 is 0 Å². The second-order valence-corrected chi connectivity index (χ2v) is 7.09. The average Bonchev–Trinajstić information content (AvgIpc) is 2.67. The van der Waals surface area contributed by atoms with Gasteiger partial charge in [-0.2, -0.15) is 0 Å². The first-order valence-corrected chi connectivity index (χ1v) is 9.95. The van der Waals surface area contributed by atoms with Gasteiger partial charge in [0.15, 0.2) is 0 Å². The third kappa shape index (κ3) is 4.95. The lowest BCUT2D eigenvalue weighted by molar-refractivity contribution is 0.589. The third-order valence-corrected chi connectivity index (χ3v) is 5.13. The van der Waals surface area contributed by atoms with Gasteiger partial charge in [0.1, 0.15) is 0 Å². The molecule has 0 unspecified atom stereocenters. The molecule has 0 heteroatoms. The Morgan fingerprint density at radius 2 is 1.28 bits per heavy atom. The molecule has 0 aliphatic carbocycles. The number of rotatable bonds is 9. The van der Waals surface area contributed by atoms with E-state index in [1.807, 2.05) is 0 Å². The van der Waals surface area contributed by atoms with Crippen LogP contribution in [-0.4, -0.2) is 0 Å². The molecule has 0 bridgehead atoms. The molecule has 3 aromatic carbocycles. The second kappa shape index (κ2) is 9.42. The Balaban J connectivity index is 1.66. The van der Waals surface area contributed by atoms with Crippen LogP contribution in [0.1, 0.15) is 57.4 Å². The molecule has 0 radical (unpaired) electrons. The predicted octanol–water partition coefficient (Wildman–Crippen LogP) is 7.80. The first-order chi connectivity index (χ1) is 12.4. The summed E-state index contributed by atoms with van der Waals surface area (Å²) in [5.41, 5.74) is 4.24. The number of fused-ring (bicyclic) bond motifs is 1. The van der Waals surface area contributed by atoms with E-state index in [1.165, 1.54) is 78.8 Å². The summed E-state index contributed by atoms with van der Waals surface area (Å²) in [7, 11) is 0. The Bertz CT molecular complexity index is 785. The molecule has 0 fully saturated rings. The lowest BCUT2D eigenvalue weighted by atomic mass is 9.94. The van der Waals surface area contributed by atoms with Gasteiger partial charge in [-0.15, -0.1) is 0 Å². The van der Waals surface area contributed by atoms with E-state index >= 15 is 0 Å². The van der Waals surface area contributed by atoms with E-state index in [0.29, 0.717) is 0 Å². The minimum atomic E-state index is 1.19. The van der Waals surface area contributed by atoms with E-state index in [1.54, 1.807) is 0 Å². The molecule has 0 nitrogen and oxygen atoms in total. The molecule has 0 aromatic heterocycles. The molecule has 0 aliphatic rings. The molecule has 3 rings (SSSR count). The van der Waals surface area contributed by atoms with Crippen molar-refractivity contribution in [3.63, 3.8) is 0 Å². The van der Waals surface area contributed by atoms with Gasteiger partial charge in [-0.1, -0.05) is 106 Å². The Morgan fingerprint density at radius 3 is 2.12 bits per heavy atom. The summed E-state index contributed by atoms with van der Waals surface area (Å²) in [4.78, 5) is 0. The summed E-state index contributed by atoms with van der Waals surface area (Å²) in [5, 5.41) is 2.64. The van der Waals surface area contributed by atoms with Crippen molar-refractivity contribution in [2.45, 2.75) is 58.3 Å². The summed E-state index contributed by atoms with van der Waals surface area (Å²) < 4.78 is 0. The van der Waals surface area contributed by atoms with Crippen LogP contribution >= 0.6 is 0 Å². The van der Waals surface area contributed by atoms with Crippen LogP contribution in [0.15, 0.2) is 66.7 Å². The van der Waals surface area contributed by atoms with E-state index in [9.17, 15) is 0 Å². The zero-order chi connectivity index (χ0) is 17.3. The van der Waals surface area contributed by atoms with Gasteiger partial charge in [0.05, 0.1) is 0 Å². The topological polar surface area (TPSA) is 0 Å². The quantitative estimate of drug-likeness (QED) is 0.351. The fourth-order valence-electron chi connectivity index (χ4n) is 3.65. The van der Waals surface area contributed by atoms with Gasteiger partial charge in [-0.05, 0) is 46.4 Å². The van der Waals surface area contributed by atoms with Crippen molar-refractivity contribution in [1.82, 2.24) is 0 Å². The highest BCUT2D eigenvalue weighted by molar-refractivity contribution is 5.87. The van der Waals surface area contributed by atoms with Gasteiger partial charge in [0.2, 0.25) is 0 Å². The highest BCUT2D eigenvalue weighted by atomic mass is 14.1. The number of benzene rings is 3. The van der Waals surface area contributed by atoms with Gasteiger partial charge in [-0.3, -0.25) is 0 Å². The van der Waals surface area contributed by atoms with Crippen molar-refractivity contribution in [2.75, 3.05) is 0 Å². The largest absolute Gasteiger partial charge is 0.0654 e. The van der Waals surface area contributed by atoms with Gasteiger partial charge in [-0.25, -0.2) is 0 Å². The summed E-state index contributed by atoms with van der Waals surface area (Å²) in [6.45, 7) is 2.28. The second-order valence-electron chi connectivity index (χ2n) is 7.09. The van der Waals surface area contributed by atoms with Crippen molar-refractivity contribution in [2.24, 2.45) is 0 Å². The Hall–Kier alpha value is -2.08. The van der Waals surface area contributed by atoms with Crippen LogP contribution in [0.3, 0.4) is 0 Å². The van der Waals surface area contributed by atoms with Crippen LogP contribution in [0, 0.1) is 0 Å². The molecule has 0 heterocycles. The fourth-order valence-corrected chi connectivity index (χ4v) is 3.65. The zero-order valence-corrected chi connectivity index (χ0v) is 15.5. The van der Waals surface area contributed by atoms with Crippen LogP contribution in [0.5, 0.6) is 0 Å². The van der Waals surface area contributed by atoms with Crippen LogP contribution in [0.25, 0.3) is 21.9 Å². The Labute approximate surface area is 152 Å². The summed E-state index contributed by atoms with van der Waals surface area (Å²) in [6.07, 6.45) is 10.8. The summed E-state index contributed by atoms with van der Waals surface area (Å²) >= 11 is 0. The highest BCUT2D eigenvalue weighted by Crippen LogP contribution is 2.28. The molecule has 0 saturated carbocycles. The van der Waals surface area contributed by atoms with Crippen molar-refractivity contribution < 1.29 is 0 Å². The van der Waals surface area contributed by atoms with Gasteiger partial charge in [0, 0.05) is 0 Å². The summed E-state index contributed by atoms with van der Waals surface area (Å²) in [5.74, 6) is 0. The number of aryl methyl sites for hydroxylation is 1. The van der Waals surface area contributed by atoms with E-state index < -0.39 is 0 Å². The molecule has 130 valence electrons. The predicted molar refractivity (Wildman–Crippen MR) is 111 cm³/mol. The number of hydrogen-bond donors (Lipinski definition) is 0. The molecule has 0 amide bonds. The van der Waals surface area contributed by atoms with Crippen LogP contribution in [0.4, 0.5) is 0 Å². The molecule has 0 atom stereocenters. The lowest BCUT2D eigenvalue weighted by Crippen LogP contribution is -1.91. The van der Waals surface area contributed by atoms with E-state index in [0.717, 1.165) is 0 Å². The summed E-state index contributed by atoms with van der Waals surface area (Å²) in [6, 6.07) is 24.4. The molecule has 25 heavy (non-hydrogen) atoms. The minimum absolute atomic E-state index is 1.19. The molecular formula is C25H30. The van der Waals surface area contributed by atoms with Gasteiger partial charge < -0.3 is 0 Å². The molecule has 0 aliphatic heterocycles. The Kier molecular flexibility index (Phi) is 6.68. The van der Waals surface area contributed by atoms with E-state index in [2.05, 4.69) is 73.7 Å². The van der Waals surface area contributed by atoms with Crippen molar-refractivity contribution in [3.8, 4) is 11.1 Å². The normalized spacial score (nSPS) is 11.1.